The molecule has 2 aromatic carbocycles. The highest BCUT2D eigenvalue weighted by Gasteiger charge is 2.26. The molecule has 0 unspecified atom stereocenters. The fourth-order valence-electron chi connectivity index (χ4n) is 3.72. The number of hydrogen-bond donors (Lipinski definition) is 1. The Hall–Kier alpha value is -3.54. The molecule has 0 saturated carbocycles. The minimum atomic E-state index is -0.304. The minimum absolute atomic E-state index is 0.00607. The summed E-state index contributed by atoms with van der Waals surface area (Å²) in [6.45, 7) is 6.38. The molecule has 0 aliphatic carbocycles. The number of carbonyl (C=O) groups is 2. The molecule has 1 aromatic heterocycles. The van der Waals surface area contributed by atoms with Crippen molar-refractivity contribution in [2.24, 2.45) is 0 Å². The highest BCUT2D eigenvalue weighted by Crippen LogP contribution is 2.24. The Bertz CT molecular complexity index is 1020. The van der Waals surface area contributed by atoms with E-state index in [1.165, 1.54) is 11.8 Å². The van der Waals surface area contributed by atoms with E-state index in [4.69, 9.17) is 4.42 Å². The molecule has 3 aromatic rings. The van der Waals surface area contributed by atoms with Gasteiger partial charge in [-0.15, -0.1) is 0 Å². The molecule has 0 radical (unpaired) electrons. The van der Waals surface area contributed by atoms with E-state index in [1.54, 1.807) is 29.2 Å². The summed E-state index contributed by atoms with van der Waals surface area (Å²) in [5, 5.41) is 2.79. The Morgan fingerprint density at radius 1 is 1.03 bits per heavy atom. The lowest BCUT2D eigenvalue weighted by Gasteiger charge is -2.35. The molecule has 0 spiro atoms. The van der Waals surface area contributed by atoms with Crippen molar-refractivity contribution in [3.8, 4) is 0 Å². The lowest BCUT2D eigenvalue weighted by atomic mass is 10.0. The Morgan fingerprint density at radius 3 is 2.42 bits per heavy atom. The van der Waals surface area contributed by atoms with Gasteiger partial charge >= 0.3 is 6.03 Å². The van der Waals surface area contributed by atoms with E-state index in [1.807, 2.05) is 17.0 Å². The van der Waals surface area contributed by atoms with Crippen molar-refractivity contribution in [3.63, 3.8) is 0 Å². The van der Waals surface area contributed by atoms with Gasteiger partial charge in [-0.1, -0.05) is 38.1 Å². The minimum Gasteiger partial charge on any atom is -0.459 e. The van der Waals surface area contributed by atoms with Crippen LogP contribution >= 0.6 is 0 Å². The molecule has 1 fully saturated rings. The van der Waals surface area contributed by atoms with E-state index in [-0.39, 0.29) is 17.7 Å². The molecule has 1 aliphatic rings. The lowest BCUT2D eigenvalue weighted by Crippen LogP contribution is -2.49. The van der Waals surface area contributed by atoms with E-state index < -0.39 is 0 Å². The van der Waals surface area contributed by atoms with Gasteiger partial charge in [0.05, 0.1) is 6.26 Å². The van der Waals surface area contributed by atoms with Crippen molar-refractivity contribution in [1.29, 1.82) is 0 Å². The first-order valence-electron chi connectivity index (χ1n) is 10.6. The van der Waals surface area contributed by atoms with Crippen LogP contribution in [0.5, 0.6) is 0 Å². The number of nitrogens with one attached hydrogen (secondary N) is 1. The second-order valence-corrected chi connectivity index (χ2v) is 8.08. The number of urea groups is 1. The number of amides is 3. The van der Waals surface area contributed by atoms with Crippen LogP contribution in [0.3, 0.4) is 0 Å². The van der Waals surface area contributed by atoms with E-state index >= 15 is 0 Å². The van der Waals surface area contributed by atoms with Gasteiger partial charge in [0.25, 0.3) is 5.91 Å². The fourth-order valence-corrected chi connectivity index (χ4v) is 3.72. The molecular formula is C25H27N3O3. The third-order valence-corrected chi connectivity index (χ3v) is 5.51. The number of carbonyl (C=O) groups excluding carboxylic acids is 2. The van der Waals surface area contributed by atoms with Crippen LogP contribution in [0, 0.1) is 0 Å². The van der Waals surface area contributed by atoms with Crippen LogP contribution in [-0.2, 0) is 6.54 Å². The number of benzene rings is 2. The van der Waals surface area contributed by atoms with Crippen molar-refractivity contribution in [2.75, 3.05) is 23.3 Å². The maximum Gasteiger partial charge on any atom is 0.324 e. The molecule has 4 rings (SSSR count). The van der Waals surface area contributed by atoms with Gasteiger partial charge in [0.15, 0.2) is 5.76 Å². The molecule has 160 valence electrons. The maximum absolute atomic E-state index is 13.1. The topological polar surface area (TPSA) is 65.8 Å². The SMILES string of the molecule is CC(C)c1ccc(CN2CCCN(c3ccc(NC(=O)c4ccco4)cc3)C2=O)cc1. The average Bonchev–Trinajstić information content (AvgIpc) is 3.31. The van der Waals surface area contributed by atoms with Gasteiger partial charge in [0.2, 0.25) is 0 Å². The summed E-state index contributed by atoms with van der Waals surface area (Å²) >= 11 is 0. The van der Waals surface area contributed by atoms with Gasteiger partial charge in [-0.25, -0.2) is 4.79 Å². The van der Waals surface area contributed by atoms with Crippen LogP contribution in [-0.4, -0.2) is 29.9 Å². The highest BCUT2D eigenvalue weighted by molar-refractivity contribution is 6.02. The van der Waals surface area contributed by atoms with Crippen molar-refractivity contribution >= 4 is 23.3 Å². The van der Waals surface area contributed by atoms with E-state index in [0.29, 0.717) is 24.7 Å². The standard InChI is InChI=1S/C25H27N3O3/c1-18(2)20-8-6-19(7-9-20)17-27-14-4-15-28(25(27)30)22-12-10-21(11-13-22)26-24(29)23-5-3-16-31-23/h3,5-13,16,18H,4,14-15,17H2,1-2H3,(H,26,29). The van der Waals surface area contributed by atoms with Gasteiger partial charge in [-0.05, 0) is 59.9 Å². The van der Waals surface area contributed by atoms with Crippen LogP contribution in [0.1, 0.15) is 47.9 Å². The monoisotopic (exact) mass is 417 g/mol. The summed E-state index contributed by atoms with van der Waals surface area (Å²) in [6, 6.07) is 19.1. The number of rotatable bonds is 6. The Kier molecular flexibility index (Phi) is 6.07. The molecular weight excluding hydrogens is 390 g/mol. The van der Waals surface area contributed by atoms with E-state index in [0.717, 1.165) is 24.2 Å². The van der Waals surface area contributed by atoms with Crippen LogP contribution in [0.2, 0.25) is 0 Å². The van der Waals surface area contributed by atoms with Crippen LogP contribution < -0.4 is 10.2 Å². The highest BCUT2D eigenvalue weighted by atomic mass is 16.3. The lowest BCUT2D eigenvalue weighted by molar-refractivity contribution is 0.0996. The first-order valence-corrected chi connectivity index (χ1v) is 10.6. The van der Waals surface area contributed by atoms with Crippen molar-refractivity contribution < 1.29 is 14.0 Å². The summed E-state index contributed by atoms with van der Waals surface area (Å²) in [7, 11) is 0. The van der Waals surface area contributed by atoms with E-state index in [2.05, 4.69) is 43.4 Å². The summed E-state index contributed by atoms with van der Waals surface area (Å²) in [6.07, 6.45) is 2.37. The molecule has 1 saturated heterocycles. The second kappa shape index (κ2) is 9.08. The number of nitrogens with zero attached hydrogens (tertiary/aromatic N) is 2. The number of furan rings is 1. The largest absolute Gasteiger partial charge is 0.459 e. The summed E-state index contributed by atoms with van der Waals surface area (Å²) < 4.78 is 5.11. The number of hydrogen-bond acceptors (Lipinski definition) is 3. The molecule has 0 bridgehead atoms. The van der Waals surface area contributed by atoms with Crippen molar-refractivity contribution in [1.82, 2.24) is 4.90 Å². The quantitative estimate of drug-likeness (QED) is 0.577. The predicted octanol–water partition coefficient (Wildman–Crippen LogP) is 5.49. The Morgan fingerprint density at radius 2 is 1.77 bits per heavy atom. The summed E-state index contributed by atoms with van der Waals surface area (Å²) in [5.74, 6) is 0.446. The number of anilines is 2. The Labute approximate surface area is 182 Å². The smallest absolute Gasteiger partial charge is 0.324 e. The molecule has 3 amide bonds. The zero-order valence-corrected chi connectivity index (χ0v) is 17.9. The molecule has 1 aliphatic heterocycles. The van der Waals surface area contributed by atoms with Crippen LogP contribution in [0.15, 0.2) is 71.3 Å². The molecule has 2 heterocycles. The van der Waals surface area contributed by atoms with Crippen molar-refractivity contribution in [2.45, 2.75) is 32.7 Å². The average molecular weight is 418 g/mol. The molecule has 1 N–H and O–H groups in total. The normalized spacial score (nSPS) is 14.2. The molecule has 0 atom stereocenters. The fraction of sp³-hybridized carbons (Fsp3) is 0.280. The van der Waals surface area contributed by atoms with Gasteiger partial charge in [-0.3, -0.25) is 9.69 Å². The third-order valence-electron chi connectivity index (χ3n) is 5.51. The second-order valence-electron chi connectivity index (χ2n) is 8.08. The van der Waals surface area contributed by atoms with Gasteiger partial charge in [-0.2, -0.15) is 0 Å². The van der Waals surface area contributed by atoms with E-state index in [9.17, 15) is 9.59 Å². The summed E-state index contributed by atoms with van der Waals surface area (Å²) in [5.41, 5.74) is 3.91. The van der Waals surface area contributed by atoms with Crippen LogP contribution in [0.4, 0.5) is 16.2 Å². The molecule has 6 heteroatoms. The predicted molar refractivity (Wildman–Crippen MR) is 121 cm³/mol. The van der Waals surface area contributed by atoms with Gasteiger partial charge in [0.1, 0.15) is 0 Å². The first kappa shape index (κ1) is 20.7. The Balaban J connectivity index is 1.41. The third kappa shape index (κ3) is 4.79. The first-order chi connectivity index (χ1) is 15.0. The summed E-state index contributed by atoms with van der Waals surface area (Å²) in [4.78, 5) is 28.9. The zero-order valence-electron chi connectivity index (χ0n) is 17.9. The van der Waals surface area contributed by atoms with Gasteiger partial charge < -0.3 is 14.6 Å². The van der Waals surface area contributed by atoms with Crippen LogP contribution in [0.25, 0.3) is 0 Å². The van der Waals surface area contributed by atoms with Crippen molar-refractivity contribution in [3.05, 3.63) is 83.8 Å². The molecule has 31 heavy (non-hydrogen) atoms. The molecule has 6 nitrogen and oxygen atoms in total. The maximum atomic E-state index is 13.1. The zero-order chi connectivity index (χ0) is 21.8. The van der Waals surface area contributed by atoms with Gasteiger partial charge in [0, 0.05) is 31.0 Å².